The lowest BCUT2D eigenvalue weighted by Gasteiger charge is -2.07. The fourth-order valence-electron chi connectivity index (χ4n) is 1.70. The lowest BCUT2D eigenvalue weighted by molar-refractivity contribution is 0.0952. The molecule has 0 saturated heterocycles. The third-order valence-corrected chi connectivity index (χ3v) is 2.76. The Kier molecular flexibility index (Phi) is 4.49. The summed E-state index contributed by atoms with van der Waals surface area (Å²) < 4.78 is 6.50. The lowest BCUT2D eigenvalue weighted by Crippen LogP contribution is -2.30. The summed E-state index contributed by atoms with van der Waals surface area (Å²) in [7, 11) is 1.55. The molecule has 2 aromatic rings. The summed E-state index contributed by atoms with van der Waals surface area (Å²) in [6.07, 6.45) is 2.88. The van der Waals surface area contributed by atoms with Crippen molar-refractivity contribution in [2.75, 3.05) is 13.7 Å². The van der Waals surface area contributed by atoms with Crippen LogP contribution in [0.15, 0.2) is 47.7 Å². The highest BCUT2D eigenvalue weighted by molar-refractivity contribution is 5.94. The topological polar surface area (TPSA) is 73.2 Å². The molecule has 0 fully saturated rings. The molecule has 6 nitrogen and oxygen atoms in total. The molecule has 6 heteroatoms. The second-order valence-electron chi connectivity index (χ2n) is 4.10. The molecule has 0 unspecified atom stereocenters. The molecule has 20 heavy (non-hydrogen) atoms. The van der Waals surface area contributed by atoms with E-state index in [0.717, 1.165) is 0 Å². The van der Waals surface area contributed by atoms with Gasteiger partial charge in [-0.1, -0.05) is 6.07 Å². The number of nitrogens with one attached hydrogen (secondary N) is 1. The second-order valence-corrected chi connectivity index (χ2v) is 4.10. The number of carbonyl (C=O) groups excluding carboxylic acids is 1. The molecule has 1 aromatic heterocycles. The van der Waals surface area contributed by atoms with Crippen LogP contribution in [0.2, 0.25) is 0 Å². The molecule has 0 aliphatic carbocycles. The summed E-state index contributed by atoms with van der Waals surface area (Å²) >= 11 is 0. The van der Waals surface area contributed by atoms with Crippen LogP contribution in [-0.4, -0.2) is 29.1 Å². The number of hydrogen-bond acceptors (Lipinski definition) is 4. The van der Waals surface area contributed by atoms with Gasteiger partial charge >= 0.3 is 0 Å². The highest BCUT2D eigenvalue weighted by atomic mass is 16.5. The number of amides is 1. The van der Waals surface area contributed by atoms with Gasteiger partial charge in [-0.2, -0.15) is 0 Å². The van der Waals surface area contributed by atoms with E-state index in [4.69, 9.17) is 4.74 Å². The summed E-state index contributed by atoms with van der Waals surface area (Å²) in [5.74, 6) is 0.418. The van der Waals surface area contributed by atoms with Crippen molar-refractivity contribution in [1.82, 2.24) is 14.9 Å². The summed E-state index contributed by atoms with van der Waals surface area (Å²) in [5.41, 5.74) is 0.374. The van der Waals surface area contributed by atoms with Gasteiger partial charge in [-0.25, -0.2) is 4.98 Å². The Morgan fingerprint density at radius 1 is 1.40 bits per heavy atom. The van der Waals surface area contributed by atoms with E-state index in [9.17, 15) is 9.59 Å². The van der Waals surface area contributed by atoms with Gasteiger partial charge in [0.2, 0.25) is 0 Å². The average Bonchev–Trinajstić information content (AvgIpc) is 2.49. The van der Waals surface area contributed by atoms with Crippen molar-refractivity contribution in [2.45, 2.75) is 6.54 Å². The number of nitrogens with zero attached hydrogens (tertiary/aromatic N) is 2. The van der Waals surface area contributed by atoms with Crippen LogP contribution < -0.4 is 15.6 Å². The first-order chi connectivity index (χ1) is 9.70. The Bertz CT molecular complexity index is 652. The lowest BCUT2D eigenvalue weighted by atomic mass is 10.2. The molecule has 0 saturated carbocycles. The van der Waals surface area contributed by atoms with Gasteiger partial charge in [0.1, 0.15) is 5.75 Å². The van der Waals surface area contributed by atoms with Gasteiger partial charge in [-0.05, 0) is 18.2 Å². The Hall–Kier alpha value is -2.63. The van der Waals surface area contributed by atoms with Crippen molar-refractivity contribution in [2.24, 2.45) is 0 Å². The fraction of sp³-hybridized carbons (Fsp3) is 0.214. The third kappa shape index (κ3) is 3.44. The summed E-state index contributed by atoms with van der Waals surface area (Å²) in [4.78, 5) is 27.2. The normalized spacial score (nSPS) is 10.1. The number of aromatic nitrogens is 2. The standard InChI is InChI=1S/C14H15N3O3/c1-20-12-4-2-3-11(9-12)14(19)16-7-8-17-10-15-6-5-13(17)18/h2-6,9-10H,7-8H2,1H3,(H,16,19). The third-order valence-electron chi connectivity index (χ3n) is 2.76. The maximum absolute atomic E-state index is 11.9. The van der Waals surface area contributed by atoms with Gasteiger partial charge < -0.3 is 10.1 Å². The maximum atomic E-state index is 11.9. The predicted molar refractivity (Wildman–Crippen MR) is 73.8 cm³/mol. The van der Waals surface area contributed by atoms with Crippen LogP contribution in [-0.2, 0) is 6.54 Å². The number of ether oxygens (including phenoxy) is 1. The van der Waals surface area contributed by atoms with Crippen LogP contribution in [0.4, 0.5) is 0 Å². The molecule has 1 heterocycles. The molecule has 2 rings (SSSR count). The molecule has 0 aliphatic rings. The van der Waals surface area contributed by atoms with Crippen LogP contribution in [0, 0.1) is 0 Å². The van der Waals surface area contributed by atoms with Crippen molar-refractivity contribution >= 4 is 5.91 Å². The van der Waals surface area contributed by atoms with Crippen LogP contribution in [0.3, 0.4) is 0 Å². The highest BCUT2D eigenvalue weighted by Gasteiger charge is 2.05. The van der Waals surface area contributed by atoms with Gasteiger partial charge in [0.25, 0.3) is 11.5 Å². The predicted octanol–water partition coefficient (Wildman–Crippen LogP) is 0.682. The van der Waals surface area contributed by atoms with Crippen molar-refractivity contribution in [1.29, 1.82) is 0 Å². The van der Waals surface area contributed by atoms with E-state index in [1.807, 2.05) is 0 Å². The molecule has 1 amide bonds. The summed E-state index contributed by atoms with van der Waals surface area (Å²) in [6.45, 7) is 0.726. The minimum absolute atomic E-state index is 0.143. The van der Waals surface area contributed by atoms with Gasteiger partial charge in [0.05, 0.1) is 13.4 Å². The SMILES string of the molecule is COc1cccc(C(=O)NCCn2cnccc2=O)c1. The van der Waals surface area contributed by atoms with Crippen LogP contribution in [0.5, 0.6) is 5.75 Å². The molecule has 0 atom stereocenters. The zero-order valence-corrected chi connectivity index (χ0v) is 11.1. The van der Waals surface area contributed by atoms with Crippen LogP contribution in [0.1, 0.15) is 10.4 Å². The van der Waals surface area contributed by atoms with Gasteiger partial charge in [0, 0.05) is 30.9 Å². The average molecular weight is 273 g/mol. The molecule has 1 N–H and O–H groups in total. The minimum Gasteiger partial charge on any atom is -0.497 e. The summed E-state index contributed by atoms with van der Waals surface area (Å²) in [6, 6.07) is 8.26. The zero-order valence-electron chi connectivity index (χ0n) is 11.1. The number of hydrogen-bond donors (Lipinski definition) is 1. The Labute approximate surface area is 116 Å². The first-order valence-electron chi connectivity index (χ1n) is 6.13. The Morgan fingerprint density at radius 3 is 3.00 bits per heavy atom. The number of carbonyl (C=O) groups is 1. The van der Waals surface area contributed by atoms with E-state index in [1.54, 1.807) is 31.4 Å². The molecule has 0 aliphatic heterocycles. The largest absolute Gasteiger partial charge is 0.497 e. The molecular weight excluding hydrogens is 258 g/mol. The fourth-order valence-corrected chi connectivity index (χ4v) is 1.70. The van der Waals surface area contributed by atoms with Crippen molar-refractivity contribution in [3.8, 4) is 5.75 Å². The van der Waals surface area contributed by atoms with Crippen LogP contribution in [0.25, 0.3) is 0 Å². The highest BCUT2D eigenvalue weighted by Crippen LogP contribution is 2.12. The van der Waals surface area contributed by atoms with Crippen molar-refractivity contribution in [3.05, 3.63) is 58.8 Å². The number of benzene rings is 1. The Balaban J connectivity index is 1.92. The molecule has 104 valence electrons. The Morgan fingerprint density at radius 2 is 2.25 bits per heavy atom. The monoisotopic (exact) mass is 273 g/mol. The second kappa shape index (κ2) is 6.51. The first-order valence-corrected chi connectivity index (χ1v) is 6.13. The molecule has 1 aromatic carbocycles. The quantitative estimate of drug-likeness (QED) is 0.869. The van der Waals surface area contributed by atoms with E-state index in [-0.39, 0.29) is 11.5 Å². The minimum atomic E-state index is -0.208. The number of rotatable bonds is 5. The van der Waals surface area contributed by atoms with E-state index in [2.05, 4.69) is 10.3 Å². The maximum Gasteiger partial charge on any atom is 0.253 e. The molecule has 0 spiro atoms. The van der Waals surface area contributed by atoms with E-state index >= 15 is 0 Å². The van der Waals surface area contributed by atoms with E-state index < -0.39 is 0 Å². The first kappa shape index (κ1) is 13.8. The van der Waals surface area contributed by atoms with Crippen LogP contribution >= 0.6 is 0 Å². The van der Waals surface area contributed by atoms with Gasteiger partial charge in [-0.15, -0.1) is 0 Å². The smallest absolute Gasteiger partial charge is 0.253 e. The van der Waals surface area contributed by atoms with Gasteiger partial charge in [-0.3, -0.25) is 14.2 Å². The molecular formula is C14H15N3O3. The van der Waals surface area contributed by atoms with Gasteiger partial charge in [0.15, 0.2) is 0 Å². The molecule has 0 bridgehead atoms. The zero-order chi connectivity index (χ0) is 14.4. The van der Waals surface area contributed by atoms with Crippen molar-refractivity contribution in [3.63, 3.8) is 0 Å². The summed E-state index contributed by atoms with van der Waals surface area (Å²) in [5, 5.41) is 2.74. The molecule has 0 radical (unpaired) electrons. The van der Waals surface area contributed by atoms with E-state index in [0.29, 0.717) is 24.4 Å². The van der Waals surface area contributed by atoms with E-state index in [1.165, 1.54) is 23.2 Å². The van der Waals surface area contributed by atoms with Crippen molar-refractivity contribution < 1.29 is 9.53 Å². The number of methoxy groups -OCH3 is 1.